The summed E-state index contributed by atoms with van der Waals surface area (Å²) in [5.41, 5.74) is 2.66. The second-order valence-electron chi connectivity index (χ2n) is 4.30. The normalized spacial score (nSPS) is 10.3. The molecule has 0 aliphatic rings. The largest absolute Gasteiger partial charge is 0.504 e. The molecule has 0 aliphatic heterocycles. The fourth-order valence-corrected chi connectivity index (χ4v) is 1.60. The average molecular weight is 314 g/mol. The average Bonchev–Trinajstić information content (AvgIpc) is 2.57. The number of methoxy groups -OCH3 is 1. The first-order chi connectivity index (χ1) is 11.1. The zero-order valence-electron chi connectivity index (χ0n) is 12.2. The minimum atomic E-state index is -0.933. The van der Waals surface area contributed by atoms with Crippen molar-refractivity contribution in [1.29, 1.82) is 0 Å². The van der Waals surface area contributed by atoms with Crippen molar-refractivity contribution in [3.8, 4) is 11.5 Å². The Morgan fingerprint density at radius 3 is 2.78 bits per heavy atom. The van der Waals surface area contributed by atoms with Crippen molar-refractivity contribution in [3.05, 3.63) is 48.2 Å². The summed E-state index contributed by atoms with van der Waals surface area (Å²) < 4.78 is 4.95. The number of nitrogens with one attached hydrogen (secondary N) is 2. The van der Waals surface area contributed by atoms with Crippen LogP contribution in [-0.4, -0.2) is 35.2 Å². The summed E-state index contributed by atoms with van der Waals surface area (Å²) in [6, 6.07) is 9.44. The Bertz CT molecular complexity index is 732. The molecule has 23 heavy (non-hydrogen) atoms. The highest BCUT2D eigenvalue weighted by Crippen LogP contribution is 2.25. The van der Waals surface area contributed by atoms with Gasteiger partial charge in [-0.15, -0.1) is 0 Å². The van der Waals surface area contributed by atoms with Crippen molar-refractivity contribution in [2.24, 2.45) is 5.10 Å². The second-order valence-corrected chi connectivity index (χ2v) is 4.30. The molecule has 2 rings (SSSR count). The molecule has 0 bridgehead atoms. The number of amides is 2. The summed E-state index contributed by atoms with van der Waals surface area (Å²) in [7, 11) is 1.42. The number of aromatic nitrogens is 1. The van der Waals surface area contributed by atoms with Gasteiger partial charge in [0.05, 0.1) is 13.3 Å². The van der Waals surface area contributed by atoms with Crippen LogP contribution < -0.4 is 15.5 Å². The van der Waals surface area contributed by atoms with Crippen LogP contribution in [0.1, 0.15) is 5.56 Å². The summed E-state index contributed by atoms with van der Waals surface area (Å²) >= 11 is 0. The maximum Gasteiger partial charge on any atom is 0.329 e. The molecule has 0 aliphatic carbocycles. The van der Waals surface area contributed by atoms with Crippen molar-refractivity contribution < 1.29 is 19.4 Å². The quantitative estimate of drug-likeness (QED) is 0.440. The van der Waals surface area contributed by atoms with Gasteiger partial charge < -0.3 is 15.2 Å². The number of hydrogen-bond donors (Lipinski definition) is 3. The molecule has 8 nitrogen and oxygen atoms in total. The Hall–Kier alpha value is -3.42. The van der Waals surface area contributed by atoms with Crippen molar-refractivity contribution >= 4 is 23.8 Å². The molecule has 0 unspecified atom stereocenters. The predicted octanol–water partition coefficient (Wildman–Crippen LogP) is 0.885. The predicted molar refractivity (Wildman–Crippen MR) is 83.3 cm³/mol. The van der Waals surface area contributed by atoms with Gasteiger partial charge in [0.2, 0.25) is 0 Å². The van der Waals surface area contributed by atoms with E-state index in [1.54, 1.807) is 24.3 Å². The molecule has 0 atom stereocenters. The first kappa shape index (κ1) is 16.0. The molecule has 0 saturated heterocycles. The van der Waals surface area contributed by atoms with Gasteiger partial charge in [0.1, 0.15) is 5.82 Å². The molecular formula is C15H14N4O4. The number of carbonyl (C=O) groups is 2. The standard InChI is InChI=1S/C15H14N4O4/c1-23-12-8-10(5-6-11(12)20)9-17-19-15(22)14(21)18-13-4-2-3-7-16-13/h2-9,20H,1H3,(H,19,22)(H,16,18,21)/b17-9+. The van der Waals surface area contributed by atoms with Crippen LogP contribution >= 0.6 is 0 Å². The molecule has 0 fully saturated rings. The maximum atomic E-state index is 11.6. The van der Waals surface area contributed by atoms with E-state index in [-0.39, 0.29) is 17.3 Å². The molecular weight excluding hydrogens is 300 g/mol. The summed E-state index contributed by atoms with van der Waals surface area (Å²) in [6.07, 6.45) is 2.80. The number of phenols is 1. The third kappa shape index (κ3) is 4.53. The topological polar surface area (TPSA) is 113 Å². The molecule has 2 amide bonds. The monoisotopic (exact) mass is 314 g/mol. The van der Waals surface area contributed by atoms with E-state index in [4.69, 9.17) is 4.74 Å². The van der Waals surface area contributed by atoms with Gasteiger partial charge >= 0.3 is 11.8 Å². The number of carbonyl (C=O) groups excluding carboxylic acids is 2. The lowest BCUT2D eigenvalue weighted by atomic mass is 10.2. The van der Waals surface area contributed by atoms with Gasteiger partial charge in [0.15, 0.2) is 11.5 Å². The van der Waals surface area contributed by atoms with Crippen LogP contribution in [0.2, 0.25) is 0 Å². The highest BCUT2D eigenvalue weighted by atomic mass is 16.5. The first-order valence-electron chi connectivity index (χ1n) is 6.52. The number of nitrogens with zero attached hydrogens (tertiary/aromatic N) is 2. The number of benzene rings is 1. The molecule has 118 valence electrons. The van der Waals surface area contributed by atoms with E-state index in [2.05, 4.69) is 20.8 Å². The van der Waals surface area contributed by atoms with E-state index >= 15 is 0 Å². The van der Waals surface area contributed by atoms with Gasteiger partial charge in [0.25, 0.3) is 0 Å². The fraction of sp³-hybridized carbons (Fsp3) is 0.0667. The van der Waals surface area contributed by atoms with E-state index in [1.807, 2.05) is 0 Å². The van der Waals surface area contributed by atoms with Crippen molar-refractivity contribution in [3.63, 3.8) is 0 Å². The van der Waals surface area contributed by atoms with E-state index in [9.17, 15) is 14.7 Å². The number of ether oxygens (including phenoxy) is 1. The number of aromatic hydroxyl groups is 1. The van der Waals surface area contributed by atoms with Crippen LogP contribution in [0.3, 0.4) is 0 Å². The molecule has 8 heteroatoms. The Morgan fingerprint density at radius 1 is 1.26 bits per heavy atom. The van der Waals surface area contributed by atoms with Gasteiger partial charge in [-0.3, -0.25) is 9.59 Å². The fourth-order valence-electron chi connectivity index (χ4n) is 1.60. The number of anilines is 1. The molecule has 1 heterocycles. The number of hydrogen-bond acceptors (Lipinski definition) is 6. The summed E-state index contributed by atoms with van der Waals surface area (Å²) in [5, 5.41) is 15.5. The minimum absolute atomic E-state index is 0.0107. The Morgan fingerprint density at radius 2 is 2.09 bits per heavy atom. The van der Waals surface area contributed by atoms with Gasteiger partial charge in [-0.05, 0) is 35.9 Å². The number of phenolic OH excluding ortho intramolecular Hbond substituents is 1. The third-order valence-corrected chi connectivity index (χ3v) is 2.70. The van der Waals surface area contributed by atoms with Gasteiger partial charge in [0, 0.05) is 6.20 Å². The number of hydrazone groups is 1. The van der Waals surface area contributed by atoms with Crippen molar-refractivity contribution in [1.82, 2.24) is 10.4 Å². The molecule has 3 N–H and O–H groups in total. The van der Waals surface area contributed by atoms with Crippen LogP contribution in [0.15, 0.2) is 47.7 Å². The van der Waals surface area contributed by atoms with Crippen molar-refractivity contribution in [2.45, 2.75) is 0 Å². The molecule has 1 aromatic heterocycles. The number of rotatable bonds is 4. The molecule has 0 saturated carbocycles. The third-order valence-electron chi connectivity index (χ3n) is 2.70. The molecule has 1 aromatic carbocycles. The van der Waals surface area contributed by atoms with Crippen LogP contribution in [0, 0.1) is 0 Å². The summed E-state index contributed by atoms with van der Waals surface area (Å²) in [5.74, 6) is -1.29. The van der Waals surface area contributed by atoms with Gasteiger partial charge in [-0.1, -0.05) is 6.07 Å². The maximum absolute atomic E-state index is 11.6. The Kier molecular flexibility index (Phi) is 5.24. The lowest BCUT2D eigenvalue weighted by molar-refractivity contribution is -0.136. The molecule has 0 radical (unpaired) electrons. The smallest absolute Gasteiger partial charge is 0.329 e. The first-order valence-corrected chi connectivity index (χ1v) is 6.52. The molecule has 0 spiro atoms. The van der Waals surface area contributed by atoms with Crippen LogP contribution in [0.5, 0.6) is 11.5 Å². The van der Waals surface area contributed by atoms with Crippen LogP contribution in [0.25, 0.3) is 0 Å². The van der Waals surface area contributed by atoms with E-state index in [0.29, 0.717) is 5.56 Å². The molecule has 2 aromatic rings. The lowest BCUT2D eigenvalue weighted by Gasteiger charge is -2.04. The van der Waals surface area contributed by atoms with Crippen LogP contribution in [-0.2, 0) is 9.59 Å². The SMILES string of the molecule is COc1cc(/C=N/NC(=O)C(=O)Nc2ccccn2)ccc1O. The highest BCUT2D eigenvalue weighted by Gasteiger charge is 2.13. The Balaban J connectivity index is 1.92. The zero-order valence-corrected chi connectivity index (χ0v) is 12.2. The lowest BCUT2D eigenvalue weighted by Crippen LogP contribution is -2.32. The minimum Gasteiger partial charge on any atom is -0.504 e. The summed E-state index contributed by atoms with van der Waals surface area (Å²) in [4.78, 5) is 27.1. The zero-order chi connectivity index (χ0) is 16.7. The van der Waals surface area contributed by atoms with E-state index in [1.165, 1.54) is 31.7 Å². The van der Waals surface area contributed by atoms with Gasteiger partial charge in [-0.25, -0.2) is 10.4 Å². The number of pyridine rings is 1. The van der Waals surface area contributed by atoms with E-state index < -0.39 is 11.8 Å². The summed E-state index contributed by atoms with van der Waals surface area (Å²) in [6.45, 7) is 0. The Labute approximate surface area is 131 Å². The van der Waals surface area contributed by atoms with Gasteiger partial charge in [-0.2, -0.15) is 5.10 Å². The van der Waals surface area contributed by atoms with Crippen molar-refractivity contribution in [2.75, 3.05) is 12.4 Å². The second kappa shape index (κ2) is 7.55. The highest BCUT2D eigenvalue weighted by molar-refractivity contribution is 6.39. The van der Waals surface area contributed by atoms with Crippen LogP contribution in [0.4, 0.5) is 5.82 Å². The van der Waals surface area contributed by atoms with E-state index in [0.717, 1.165) is 0 Å².